The molecule has 0 aromatic heterocycles. The first-order valence-corrected chi connectivity index (χ1v) is 9.27. The van der Waals surface area contributed by atoms with Gasteiger partial charge in [0.2, 0.25) is 0 Å². The van der Waals surface area contributed by atoms with E-state index in [9.17, 15) is 18.4 Å². The highest BCUT2D eigenvalue weighted by molar-refractivity contribution is 9.10. The lowest BCUT2D eigenvalue weighted by molar-refractivity contribution is 0.0499. The summed E-state index contributed by atoms with van der Waals surface area (Å²) in [6, 6.07) is 2.28. The van der Waals surface area contributed by atoms with Crippen LogP contribution in [0.1, 0.15) is 44.0 Å². The molecular formula is C18H23BrF2N2O3. The Morgan fingerprint density at radius 1 is 1.27 bits per heavy atom. The lowest BCUT2D eigenvalue weighted by atomic mass is 9.96. The Labute approximate surface area is 160 Å². The lowest BCUT2D eigenvalue weighted by Crippen LogP contribution is -2.42. The molecule has 0 bridgehead atoms. The Hall–Kier alpha value is -1.70. The third-order valence-electron chi connectivity index (χ3n) is 4.06. The summed E-state index contributed by atoms with van der Waals surface area (Å²) in [6.07, 6.45) is 0.863. The number of likely N-dealkylation sites (tertiary alicyclic amines) is 1. The van der Waals surface area contributed by atoms with E-state index in [0.29, 0.717) is 36.9 Å². The van der Waals surface area contributed by atoms with Gasteiger partial charge in [0.25, 0.3) is 5.91 Å². The first-order chi connectivity index (χ1) is 12.1. The third kappa shape index (κ3) is 5.65. The number of nitrogens with zero attached hydrogens (tertiary/aromatic N) is 1. The number of alkyl carbamates (subject to hydrolysis) is 1. The summed E-state index contributed by atoms with van der Waals surface area (Å²) in [4.78, 5) is 25.7. The van der Waals surface area contributed by atoms with Crippen LogP contribution in [0.15, 0.2) is 16.6 Å². The molecule has 5 nitrogen and oxygen atoms in total. The van der Waals surface area contributed by atoms with Crippen molar-refractivity contribution < 1.29 is 23.1 Å². The van der Waals surface area contributed by atoms with E-state index < -0.39 is 29.2 Å². The normalized spacial score (nSPS) is 15.7. The maximum atomic E-state index is 13.9. The Morgan fingerprint density at radius 2 is 1.88 bits per heavy atom. The zero-order valence-electron chi connectivity index (χ0n) is 15.1. The predicted octanol–water partition coefficient (Wildman–Crippen LogP) is 4.10. The maximum Gasteiger partial charge on any atom is 0.407 e. The molecule has 1 fully saturated rings. The van der Waals surface area contributed by atoms with Crippen molar-refractivity contribution in [3.8, 4) is 0 Å². The van der Waals surface area contributed by atoms with E-state index in [2.05, 4.69) is 21.2 Å². The van der Waals surface area contributed by atoms with E-state index in [1.54, 1.807) is 20.8 Å². The van der Waals surface area contributed by atoms with Crippen LogP contribution >= 0.6 is 15.9 Å². The van der Waals surface area contributed by atoms with Gasteiger partial charge in [0, 0.05) is 24.1 Å². The molecule has 0 saturated carbocycles. The molecular weight excluding hydrogens is 410 g/mol. The molecule has 2 rings (SSSR count). The second-order valence-corrected chi connectivity index (χ2v) is 8.28. The predicted molar refractivity (Wildman–Crippen MR) is 96.9 cm³/mol. The number of rotatable bonds is 3. The van der Waals surface area contributed by atoms with Gasteiger partial charge in [-0.05, 0) is 51.7 Å². The van der Waals surface area contributed by atoms with E-state index in [4.69, 9.17) is 4.74 Å². The van der Waals surface area contributed by atoms with Crippen LogP contribution in [0.4, 0.5) is 13.6 Å². The van der Waals surface area contributed by atoms with E-state index in [1.807, 2.05) is 0 Å². The van der Waals surface area contributed by atoms with Gasteiger partial charge >= 0.3 is 6.09 Å². The molecule has 0 unspecified atom stereocenters. The molecule has 1 aliphatic heterocycles. The number of ether oxygens (including phenoxy) is 1. The maximum absolute atomic E-state index is 13.9. The molecule has 1 aliphatic rings. The highest BCUT2D eigenvalue weighted by Gasteiger charge is 2.27. The van der Waals surface area contributed by atoms with Crippen molar-refractivity contribution in [2.45, 2.75) is 39.2 Å². The van der Waals surface area contributed by atoms with E-state index >= 15 is 0 Å². The van der Waals surface area contributed by atoms with Gasteiger partial charge in [0.05, 0.1) is 5.56 Å². The van der Waals surface area contributed by atoms with Gasteiger partial charge in [-0.3, -0.25) is 4.79 Å². The number of benzene rings is 1. The summed E-state index contributed by atoms with van der Waals surface area (Å²) >= 11 is 3.07. The highest BCUT2D eigenvalue weighted by atomic mass is 79.9. The molecule has 26 heavy (non-hydrogen) atoms. The first-order valence-electron chi connectivity index (χ1n) is 8.47. The standard InChI is InChI=1S/C18H23BrF2N2O3/c1-18(2,3)26-17(25)22-10-11-4-6-23(7-5-11)16(24)13-8-12(19)9-14(20)15(13)21/h8-9,11H,4-7,10H2,1-3H3,(H,22,25). The minimum absolute atomic E-state index is 0.204. The molecule has 0 atom stereocenters. The van der Waals surface area contributed by atoms with Gasteiger partial charge in [0.15, 0.2) is 11.6 Å². The minimum atomic E-state index is -1.13. The van der Waals surface area contributed by atoms with Crippen LogP contribution in [0.3, 0.4) is 0 Å². The second kappa shape index (κ2) is 8.33. The van der Waals surface area contributed by atoms with Crippen molar-refractivity contribution in [2.24, 2.45) is 5.92 Å². The molecule has 1 aromatic carbocycles. The molecule has 144 valence electrons. The number of halogens is 3. The summed E-state index contributed by atoms with van der Waals surface area (Å²) in [7, 11) is 0. The third-order valence-corrected chi connectivity index (χ3v) is 4.52. The van der Waals surface area contributed by atoms with E-state index in [0.717, 1.165) is 6.07 Å². The van der Waals surface area contributed by atoms with Gasteiger partial charge in [0.1, 0.15) is 5.60 Å². The summed E-state index contributed by atoms with van der Waals surface area (Å²) in [5.74, 6) is -2.51. The van der Waals surface area contributed by atoms with Crippen LogP contribution in [0.5, 0.6) is 0 Å². The molecule has 0 radical (unpaired) electrons. The van der Waals surface area contributed by atoms with Gasteiger partial charge in [-0.25, -0.2) is 13.6 Å². The van der Waals surface area contributed by atoms with Crippen molar-refractivity contribution >= 4 is 27.9 Å². The molecule has 1 N–H and O–H groups in total. The van der Waals surface area contributed by atoms with E-state index in [-0.39, 0.29) is 11.5 Å². The number of hydrogen-bond acceptors (Lipinski definition) is 3. The van der Waals surface area contributed by atoms with Crippen molar-refractivity contribution in [3.63, 3.8) is 0 Å². The van der Waals surface area contributed by atoms with Gasteiger partial charge in [-0.15, -0.1) is 0 Å². The lowest BCUT2D eigenvalue weighted by Gasteiger charge is -2.32. The van der Waals surface area contributed by atoms with Crippen LogP contribution in [0.2, 0.25) is 0 Å². The van der Waals surface area contributed by atoms with Gasteiger partial charge in [-0.2, -0.15) is 0 Å². The molecule has 1 saturated heterocycles. The van der Waals surface area contributed by atoms with Crippen LogP contribution in [-0.2, 0) is 4.74 Å². The number of hydrogen-bond donors (Lipinski definition) is 1. The highest BCUT2D eigenvalue weighted by Crippen LogP contribution is 2.23. The molecule has 1 heterocycles. The fourth-order valence-corrected chi connectivity index (χ4v) is 3.19. The van der Waals surface area contributed by atoms with E-state index in [1.165, 1.54) is 11.0 Å². The fraction of sp³-hybridized carbons (Fsp3) is 0.556. The Balaban J connectivity index is 1.87. The smallest absolute Gasteiger partial charge is 0.407 e. The van der Waals surface area contributed by atoms with Crippen LogP contribution in [0, 0.1) is 17.6 Å². The monoisotopic (exact) mass is 432 g/mol. The van der Waals surface area contributed by atoms with Crippen molar-refractivity contribution in [3.05, 3.63) is 33.8 Å². The van der Waals surface area contributed by atoms with Crippen molar-refractivity contribution in [2.75, 3.05) is 19.6 Å². The summed E-state index contributed by atoms with van der Waals surface area (Å²) in [5, 5.41) is 2.73. The quantitative estimate of drug-likeness (QED) is 0.731. The zero-order chi connectivity index (χ0) is 19.5. The molecule has 0 aliphatic carbocycles. The largest absolute Gasteiger partial charge is 0.444 e. The summed E-state index contributed by atoms with van der Waals surface area (Å²) < 4.78 is 32.9. The Morgan fingerprint density at radius 3 is 2.46 bits per heavy atom. The number of nitrogens with one attached hydrogen (secondary N) is 1. The molecule has 2 amide bonds. The number of carbonyl (C=O) groups excluding carboxylic acids is 2. The minimum Gasteiger partial charge on any atom is -0.444 e. The fourth-order valence-electron chi connectivity index (χ4n) is 2.76. The van der Waals surface area contributed by atoms with Crippen LogP contribution in [-0.4, -0.2) is 42.1 Å². The molecule has 0 spiro atoms. The number of carbonyl (C=O) groups is 2. The SMILES string of the molecule is CC(C)(C)OC(=O)NCC1CCN(C(=O)c2cc(Br)cc(F)c2F)CC1. The van der Waals surface area contributed by atoms with Gasteiger partial charge in [-0.1, -0.05) is 15.9 Å². The number of amides is 2. The zero-order valence-corrected chi connectivity index (χ0v) is 16.7. The Kier molecular flexibility index (Phi) is 6.60. The van der Waals surface area contributed by atoms with Crippen LogP contribution < -0.4 is 5.32 Å². The van der Waals surface area contributed by atoms with Gasteiger partial charge < -0.3 is 15.0 Å². The molecule has 1 aromatic rings. The Bertz CT molecular complexity index is 684. The van der Waals surface area contributed by atoms with Crippen LogP contribution in [0.25, 0.3) is 0 Å². The van der Waals surface area contributed by atoms with Crippen molar-refractivity contribution in [1.82, 2.24) is 10.2 Å². The van der Waals surface area contributed by atoms with Crippen molar-refractivity contribution in [1.29, 1.82) is 0 Å². The molecule has 8 heteroatoms. The summed E-state index contributed by atoms with van der Waals surface area (Å²) in [6.45, 7) is 6.68. The second-order valence-electron chi connectivity index (χ2n) is 7.37. The summed E-state index contributed by atoms with van der Waals surface area (Å²) in [5.41, 5.74) is -0.828. The average Bonchev–Trinajstić information content (AvgIpc) is 2.54. The number of piperidine rings is 1. The average molecular weight is 433 g/mol. The first kappa shape index (κ1) is 20.6. The topological polar surface area (TPSA) is 58.6 Å².